The zero-order valence-corrected chi connectivity index (χ0v) is 17.6. The highest BCUT2D eigenvalue weighted by molar-refractivity contribution is 7.98. The van der Waals surface area contributed by atoms with Gasteiger partial charge in [-0.2, -0.15) is 4.31 Å². The first-order valence-electron chi connectivity index (χ1n) is 9.06. The number of benzene rings is 2. The Morgan fingerprint density at radius 3 is 2.50 bits per heavy atom. The molecule has 3 rings (SSSR count). The van der Waals surface area contributed by atoms with Crippen LogP contribution in [0.4, 0.5) is 5.69 Å². The Morgan fingerprint density at radius 1 is 1.18 bits per heavy atom. The van der Waals surface area contributed by atoms with E-state index < -0.39 is 14.9 Å². The molecule has 7 nitrogen and oxygen atoms in total. The van der Waals surface area contributed by atoms with Crippen molar-refractivity contribution in [1.82, 2.24) is 4.31 Å². The van der Waals surface area contributed by atoms with Crippen LogP contribution in [0.1, 0.15) is 11.1 Å². The Labute approximate surface area is 169 Å². The van der Waals surface area contributed by atoms with Crippen molar-refractivity contribution in [3.05, 3.63) is 63.7 Å². The molecular formula is C19H24N3O4S2+. The van der Waals surface area contributed by atoms with Crippen LogP contribution in [0, 0.1) is 17.0 Å². The Hall–Kier alpha value is -1.94. The highest BCUT2D eigenvalue weighted by atomic mass is 32.2. The number of aryl methyl sites for hydroxylation is 1. The number of sulfonamides is 1. The molecule has 0 spiro atoms. The van der Waals surface area contributed by atoms with E-state index in [4.69, 9.17) is 0 Å². The van der Waals surface area contributed by atoms with Crippen LogP contribution in [0.5, 0.6) is 0 Å². The average Bonchev–Trinajstić information content (AvgIpc) is 2.67. The van der Waals surface area contributed by atoms with Crippen molar-refractivity contribution >= 4 is 27.5 Å². The van der Waals surface area contributed by atoms with Crippen molar-refractivity contribution in [1.29, 1.82) is 0 Å². The van der Waals surface area contributed by atoms with Crippen molar-refractivity contribution in [2.75, 3.05) is 33.2 Å². The number of nitrogens with zero attached hydrogens (tertiary/aromatic N) is 2. The van der Waals surface area contributed by atoms with Crippen molar-refractivity contribution < 1.29 is 18.2 Å². The normalized spacial score (nSPS) is 16.2. The molecule has 1 fully saturated rings. The molecule has 1 aliphatic rings. The van der Waals surface area contributed by atoms with Crippen LogP contribution in [-0.4, -0.2) is 50.9 Å². The molecule has 0 aromatic heterocycles. The van der Waals surface area contributed by atoms with Gasteiger partial charge < -0.3 is 4.90 Å². The summed E-state index contributed by atoms with van der Waals surface area (Å²) in [6.07, 6.45) is 0. The summed E-state index contributed by atoms with van der Waals surface area (Å²) in [4.78, 5) is 12.8. The van der Waals surface area contributed by atoms with Gasteiger partial charge in [-0.3, -0.25) is 10.1 Å². The average molecular weight is 423 g/mol. The molecular weight excluding hydrogens is 398 g/mol. The lowest BCUT2D eigenvalue weighted by molar-refractivity contribution is -0.883. The fourth-order valence-corrected chi connectivity index (χ4v) is 5.65. The molecule has 1 N–H and O–H groups in total. The third kappa shape index (κ3) is 4.54. The molecule has 150 valence electrons. The van der Waals surface area contributed by atoms with Crippen LogP contribution in [0.25, 0.3) is 0 Å². The monoisotopic (exact) mass is 422 g/mol. The third-order valence-electron chi connectivity index (χ3n) is 4.99. The number of nitro groups is 1. The van der Waals surface area contributed by atoms with E-state index in [1.54, 1.807) is 6.07 Å². The van der Waals surface area contributed by atoms with Crippen LogP contribution in [0.15, 0.2) is 52.3 Å². The molecule has 0 aliphatic carbocycles. The lowest BCUT2D eigenvalue weighted by Gasteiger charge is -2.29. The standard InChI is InChI=1S/C19H23N3O4S2/c1-15-5-3-4-6-16(15)14-27-19-8-7-17(13-18(19)22(23)24)28(25,26)21-11-9-20(2)10-12-21/h3-8,13H,9-12,14H2,1-2H3/p+1. The van der Waals surface area contributed by atoms with Gasteiger partial charge in [-0.1, -0.05) is 24.3 Å². The largest absolute Gasteiger partial charge is 0.335 e. The van der Waals surface area contributed by atoms with Gasteiger partial charge in [-0.25, -0.2) is 8.42 Å². The first-order chi connectivity index (χ1) is 13.3. The summed E-state index contributed by atoms with van der Waals surface area (Å²) in [6, 6.07) is 12.1. The minimum Gasteiger partial charge on any atom is -0.335 e. The Kier molecular flexibility index (Phi) is 6.39. The minimum absolute atomic E-state index is 0.0148. The van der Waals surface area contributed by atoms with Crippen LogP contribution in [-0.2, 0) is 15.8 Å². The van der Waals surface area contributed by atoms with Crippen LogP contribution >= 0.6 is 11.8 Å². The molecule has 0 radical (unpaired) electrons. The maximum absolute atomic E-state index is 12.9. The van der Waals surface area contributed by atoms with E-state index in [-0.39, 0.29) is 10.6 Å². The molecule has 1 saturated heterocycles. The van der Waals surface area contributed by atoms with Gasteiger partial charge in [0, 0.05) is 11.8 Å². The molecule has 0 atom stereocenters. The Morgan fingerprint density at radius 2 is 1.86 bits per heavy atom. The van der Waals surface area contributed by atoms with Gasteiger partial charge in [0.15, 0.2) is 0 Å². The topological polar surface area (TPSA) is 85.0 Å². The van der Waals surface area contributed by atoms with Gasteiger partial charge in [0.1, 0.15) is 0 Å². The van der Waals surface area contributed by atoms with Crippen LogP contribution < -0.4 is 4.90 Å². The fraction of sp³-hybridized carbons (Fsp3) is 0.368. The van der Waals surface area contributed by atoms with Gasteiger partial charge >= 0.3 is 0 Å². The molecule has 2 aromatic carbocycles. The zero-order chi connectivity index (χ0) is 20.3. The number of nitrogens with one attached hydrogen (secondary N) is 1. The van der Waals surface area contributed by atoms with Gasteiger partial charge in [0.25, 0.3) is 5.69 Å². The third-order valence-corrected chi connectivity index (χ3v) is 7.99. The second-order valence-electron chi connectivity index (χ2n) is 6.96. The summed E-state index contributed by atoms with van der Waals surface area (Å²) in [7, 11) is -1.70. The van der Waals surface area contributed by atoms with Crippen molar-refractivity contribution in [2.24, 2.45) is 0 Å². The van der Waals surface area contributed by atoms with Gasteiger partial charge in [-0.15, -0.1) is 11.8 Å². The molecule has 0 saturated carbocycles. The highest BCUT2D eigenvalue weighted by Gasteiger charge is 2.31. The molecule has 9 heteroatoms. The van der Waals surface area contributed by atoms with E-state index in [9.17, 15) is 18.5 Å². The van der Waals surface area contributed by atoms with Crippen LogP contribution in [0.3, 0.4) is 0 Å². The molecule has 1 heterocycles. The summed E-state index contributed by atoms with van der Waals surface area (Å²) < 4.78 is 27.2. The summed E-state index contributed by atoms with van der Waals surface area (Å²) in [6.45, 7) is 4.30. The molecule has 0 unspecified atom stereocenters. The summed E-state index contributed by atoms with van der Waals surface area (Å²) in [5, 5.41) is 11.6. The number of hydrogen-bond acceptors (Lipinski definition) is 5. The number of rotatable bonds is 6. The van der Waals surface area contributed by atoms with E-state index in [1.807, 2.05) is 38.2 Å². The maximum atomic E-state index is 12.9. The lowest BCUT2D eigenvalue weighted by atomic mass is 10.1. The Balaban J connectivity index is 1.85. The smallest absolute Gasteiger partial charge is 0.284 e. The van der Waals surface area contributed by atoms with E-state index in [0.717, 1.165) is 24.2 Å². The van der Waals surface area contributed by atoms with Gasteiger partial charge in [-0.05, 0) is 30.2 Å². The summed E-state index contributed by atoms with van der Waals surface area (Å²) in [5.74, 6) is 0.584. The van der Waals surface area contributed by atoms with E-state index in [2.05, 4.69) is 0 Å². The molecule has 1 aliphatic heterocycles. The number of thioether (sulfide) groups is 1. The summed E-state index contributed by atoms with van der Waals surface area (Å²) in [5.41, 5.74) is 2.05. The summed E-state index contributed by atoms with van der Waals surface area (Å²) >= 11 is 1.34. The molecule has 0 amide bonds. The second-order valence-corrected chi connectivity index (χ2v) is 9.92. The number of quaternary nitrogens is 1. The minimum atomic E-state index is -3.73. The van der Waals surface area contributed by atoms with Crippen molar-refractivity contribution in [2.45, 2.75) is 22.5 Å². The number of piperazine rings is 1. The number of likely N-dealkylation sites (N-methyl/N-ethyl adjacent to an activating group) is 1. The SMILES string of the molecule is Cc1ccccc1CSc1ccc(S(=O)(=O)N2CC[NH+](C)CC2)cc1[N+](=O)[O-]. The fourth-order valence-electron chi connectivity index (χ4n) is 3.11. The van der Waals surface area contributed by atoms with Crippen LogP contribution in [0.2, 0.25) is 0 Å². The van der Waals surface area contributed by atoms with Crippen molar-refractivity contribution in [3.8, 4) is 0 Å². The highest BCUT2D eigenvalue weighted by Crippen LogP contribution is 2.34. The first kappa shape index (κ1) is 20.8. The molecule has 28 heavy (non-hydrogen) atoms. The Bertz CT molecular complexity index is 971. The van der Waals surface area contributed by atoms with E-state index >= 15 is 0 Å². The number of hydrogen-bond donors (Lipinski definition) is 1. The maximum Gasteiger partial charge on any atom is 0.284 e. The van der Waals surface area contributed by atoms with Gasteiger partial charge in [0.05, 0.1) is 47.9 Å². The van der Waals surface area contributed by atoms with Crippen molar-refractivity contribution in [3.63, 3.8) is 0 Å². The predicted octanol–water partition coefficient (Wildman–Crippen LogP) is 1.71. The lowest BCUT2D eigenvalue weighted by Crippen LogP contribution is -3.12. The predicted molar refractivity (Wildman–Crippen MR) is 109 cm³/mol. The zero-order valence-electron chi connectivity index (χ0n) is 15.9. The quantitative estimate of drug-likeness (QED) is 0.435. The number of nitro benzene ring substituents is 1. The second kappa shape index (κ2) is 8.60. The molecule has 0 bridgehead atoms. The van der Waals surface area contributed by atoms with E-state index in [1.165, 1.54) is 33.1 Å². The first-order valence-corrected chi connectivity index (χ1v) is 11.5. The molecule has 2 aromatic rings. The van der Waals surface area contributed by atoms with E-state index in [0.29, 0.717) is 23.7 Å². The van der Waals surface area contributed by atoms with Gasteiger partial charge in [0.2, 0.25) is 10.0 Å².